The van der Waals surface area contributed by atoms with Gasteiger partial charge in [-0.2, -0.15) is 9.57 Å². The van der Waals surface area contributed by atoms with Crippen LogP contribution in [0.4, 0.5) is 5.69 Å². The first-order valence-electron chi connectivity index (χ1n) is 8.31. The molecule has 1 fully saturated rings. The summed E-state index contributed by atoms with van der Waals surface area (Å²) in [5.41, 5.74) is 1.53. The molecule has 26 heavy (non-hydrogen) atoms. The molecule has 2 heterocycles. The van der Waals surface area contributed by atoms with Crippen molar-refractivity contribution < 1.29 is 13.2 Å². The maximum Gasteiger partial charge on any atom is 0.252 e. The number of rotatable bonds is 5. The average molecular weight is 390 g/mol. The van der Waals surface area contributed by atoms with Crippen LogP contribution in [0.15, 0.2) is 46.0 Å². The molecule has 1 atom stereocenters. The van der Waals surface area contributed by atoms with Crippen molar-refractivity contribution in [1.82, 2.24) is 4.31 Å². The Morgan fingerprint density at radius 2 is 2.08 bits per heavy atom. The van der Waals surface area contributed by atoms with E-state index in [9.17, 15) is 13.2 Å². The number of anilines is 1. The quantitative estimate of drug-likeness (QED) is 0.851. The molecule has 2 aromatic rings. The molecule has 1 saturated heterocycles. The van der Waals surface area contributed by atoms with Gasteiger partial charge in [0.15, 0.2) is 0 Å². The summed E-state index contributed by atoms with van der Waals surface area (Å²) in [6, 6.07) is 12.5. The maximum atomic E-state index is 12.7. The fourth-order valence-electron chi connectivity index (χ4n) is 2.95. The summed E-state index contributed by atoms with van der Waals surface area (Å²) in [6.07, 6.45) is 1.64. The molecule has 0 unspecified atom stereocenters. The molecule has 3 rings (SSSR count). The Balaban J connectivity index is 1.65. The molecule has 1 aliphatic heterocycles. The first kappa shape index (κ1) is 18.6. The number of nitriles is 1. The van der Waals surface area contributed by atoms with Crippen LogP contribution in [0.3, 0.4) is 0 Å². The van der Waals surface area contributed by atoms with Crippen LogP contribution in [0.5, 0.6) is 0 Å². The lowest BCUT2D eigenvalue weighted by molar-refractivity contribution is -0.120. The Morgan fingerprint density at radius 3 is 2.73 bits per heavy atom. The zero-order valence-corrected chi connectivity index (χ0v) is 15.7. The summed E-state index contributed by atoms with van der Waals surface area (Å²) >= 11 is 1.19. The zero-order chi connectivity index (χ0) is 18.6. The Morgan fingerprint density at radius 1 is 1.31 bits per heavy atom. The number of hydrogen-bond acceptors (Lipinski definition) is 5. The lowest BCUT2D eigenvalue weighted by Crippen LogP contribution is -2.43. The normalized spacial score (nSPS) is 18.2. The van der Waals surface area contributed by atoms with Gasteiger partial charge in [-0.15, -0.1) is 11.3 Å². The molecule has 6 nitrogen and oxygen atoms in total. The molecular weight excluding hydrogens is 370 g/mol. The van der Waals surface area contributed by atoms with Crippen LogP contribution in [0, 0.1) is 17.2 Å². The van der Waals surface area contributed by atoms with Crippen molar-refractivity contribution in [3.63, 3.8) is 0 Å². The second kappa shape index (κ2) is 7.99. The molecule has 8 heteroatoms. The third-order valence-electron chi connectivity index (χ3n) is 4.35. The number of hydrogen-bond donors (Lipinski definition) is 1. The summed E-state index contributed by atoms with van der Waals surface area (Å²) < 4.78 is 27.0. The van der Waals surface area contributed by atoms with Gasteiger partial charge in [0.05, 0.1) is 18.4 Å². The summed E-state index contributed by atoms with van der Waals surface area (Å²) in [7, 11) is -3.53. The minimum absolute atomic E-state index is 0.177. The van der Waals surface area contributed by atoms with Crippen molar-refractivity contribution in [2.75, 3.05) is 18.4 Å². The van der Waals surface area contributed by atoms with Crippen LogP contribution in [-0.2, 0) is 21.2 Å². The first-order chi connectivity index (χ1) is 12.5. The molecule has 136 valence electrons. The fourth-order valence-corrected chi connectivity index (χ4v) is 5.62. The van der Waals surface area contributed by atoms with E-state index >= 15 is 0 Å². The minimum atomic E-state index is -3.53. The second-order valence-electron chi connectivity index (χ2n) is 6.16. The molecule has 1 aliphatic rings. The van der Waals surface area contributed by atoms with E-state index in [4.69, 9.17) is 5.26 Å². The molecule has 0 saturated carbocycles. The molecule has 0 radical (unpaired) electrons. The number of piperidine rings is 1. The highest BCUT2D eigenvalue weighted by atomic mass is 32.2. The summed E-state index contributed by atoms with van der Waals surface area (Å²) in [4.78, 5) is 12.6. The molecular formula is C18H19N3O3S2. The van der Waals surface area contributed by atoms with E-state index in [1.165, 1.54) is 15.6 Å². The third kappa shape index (κ3) is 4.12. The lowest BCUT2D eigenvalue weighted by atomic mass is 9.98. The third-order valence-corrected chi connectivity index (χ3v) is 7.59. The van der Waals surface area contributed by atoms with Crippen molar-refractivity contribution in [2.45, 2.75) is 23.5 Å². The molecule has 1 aromatic heterocycles. The maximum absolute atomic E-state index is 12.7. The van der Waals surface area contributed by atoms with Gasteiger partial charge in [-0.3, -0.25) is 4.79 Å². The first-order valence-corrected chi connectivity index (χ1v) is 10.6. The number of carbonyl (C=O) groups is 1. The fraction of sp³-hybridized carbons (Fsp3) is 0.333. The second-order valence-corrected chi connectivity index (χ2v) is 9.27. The highest BCUT2D eigenvalue weighted by Crippen LogP contribution is 2.27. The van der Waals surface area contributed by atoms with Gasteiger partial charge in [0.25, 0.3) is 10.0 Å². The van der Waals surface area contributed by atoms with Crippen molar-refractivity contribution >= 4 is 33.0 Å². The van der Waals surface area contributed by atoms with E-state index in [0.29, 0.717) is 35.7 Å². The Kier molecular flexibility index (Phi) is 5.71. The highest BCUT2D eigenvalue weighted by Gasteiger charge is 2.33. The van der Waals surface area contributed by atoms with Crippen LogP contribution in [0.1, 0.15) is 18.4 Å². The van der Waals surface area contributed by atoms with E-state index in [-0.39, 0.29) is 18.4 Å². The highest BCUT2D eigenvalue weighted by molar-refractivity contribution is 7.91. The molecule has 0 bridgehead atoms. The summed E-state index contributed by atoms with van der Waals surface area (Å²) in [5, 5.41) is 13.3. The molecule has 1 aromatic carbocycles. The summed E-state index contributed by atoms with van der Waals surface area (Å²) in [6.45, 7) is 0.630. The van der Waals surface area contributed by atoms with Gasteiger partial charge >= 0.3 is 0 Å². The standard InChI is InChI=1S/C18H19N3O3S2/c19-10-9-14-5-7-16(8-6-14)20-18(22)15-3-1-11-21(13-15)26(23,24)17-4-2-12-25-17/h2,4-8,12,15H,1,3,9,11,13H2,(H,20,22)/t15-/m0/s1. The van der Waals surface area contributed by atoms with E-state index in [1.807, 2.05) is 0 Å². The van der Waals surface area contributed by atoms with Crippen molar-refractivity contribution in [2.24, 2.45) is 5.92 Å². The van der Waals surface area contributed by atoms with Crippen LogP contribution in [0.25, 0.3) is 0 Å². The topological polar surface area (TPSA) is 90.3 Å². The van der Waals surface area contributed by atoms with Gasteiger partial charge in [-0.1, -0.05) is 18.2 Å². The summed E-state index contributed by atoms with van der Waals surface area (Å²) in [5.74, 6) is -0.554. The predicted molar refractivity (Wildman–Crippen MR) is 100 cm³/mol. The van der Waals surface area contributed by atoms with Gasteiger partial charge < -0.3 is 5.32 Å². The molecule has 1 amide bonds. The zero-order valence-electron chi connectivity index (χ0n) is 14.1. The molecule has 0 aliphatic carbocycles. The number of nitrogens with one attached hydrogen (secondary N) is 1. The van der Waals surface area contributed by atoms with Crippen molar-refractivity contribution in [1.29, 1.82) is 5.26 Å². The van der Waals surface area contributed by atoms with Gasteiger partial charge in [-0.25, -0.2) is 8.42 Å². The Labute approximate surface area is 157 Å². The number of nitrogens with zero attached hydrogens (tertiary/aromatic N) is 2. The van der Waals surface area contributed by atoms with E-state index in [0.717, 1.165) is 5.56 Å². The predicted octanol–water partition coefficient (Wildman–Crippen LogP) is 2.85. The number of sulfonamides is 1. The van der Waals surface area contributed by atoms with Gasteiger partial charge in [-0.05, 0) is 42.0 Å². The number of amides is 1. The van der Waals surface area contributed by atoms with Crippen LogP contribution in [0.2, 0.25) is 0 Å². The van der Waals surface area contributed by atoms with E-state index in [2.05, 4.69) is 11.4 Å². The van der Waals surface area contributed by atoms with Gasteiger partial charge in [0.2, 0.25) is 5.91 Å². The lowest BCUT2D eigenvalue weighted by Gasteiger charge is -2.30. The monoisotopic (exact) mass is 389 g/mol. The van der Waals surface area contributed by atoms with Gasteiger partial charge in [0, 0.05) is 18.8 Å². The SMILES string of the molecule is N#CCc1ccc(NC(=O)[C@H]2CCCN(S(=O)(=O)c3cccs3)C2)cc1. The van der Waals surface area contributed by atoms with E-state index in [1.54, 1.807) is 41.8 Å². The minimum Gasteiger partial charge on any atom is -0.326 e. The largest absolute Gasteiger partial charge is 0.326 e. The average Bonchev–Trinajstić information content (AvgIpc) is 3.19. The van der Waals surface area contributed by atoms with Gasteiger partial charge in [0.1, 0.15) is 4.21 Å². The van der Waals surface area contributed by atoms with Crippen molar-refractivity contribution in [3.8, 4) is 6.07 Å². The number of thiophene rings is 1. The Hall–Kier alpha value is -2.21. The van der Waals surface area contributed by atoms with Crippen LogP contribution in [-0.4, -0.2) is 31.7 Å². The van der Waals surface area contributed by atoms with Crippen LogP contribution >= 0.6 is 11.3 Å². The number of benzene rings is 1. The number of carbonyl (C=O) groups excluding carboxylic acids is 1. The van der Waals surface area contributed by atoms with Crippen molar-refractivity contribution in [3.05, 3.63) is 47.3 Å². The molecule has 1 N–H and O–H groups in total. The van der Waals surface area contributed by atoms with E-state index < -0.39 is 10.0 Å². The smallest absolute Gasteiger partial charge is 0.252 e. The Bertz CT molecular complexity index is 900. The van der Waals surface area contributed by atoms with Crippen LogP contribution < -0.4 is 5.32 Å². The molecule has 0 spiro atoms.